The summed E-state index contributed by atoms with van der Waals surface area (Å²) < 4.78 is 62.8. The zero-order valence-electron chi connectivity index (χ0n) is 23.5. The lowest BCUT2D eigenvalue weighted by Crippen LogP contribution is -2.71. The summed E-state index contributed by atoms with van der Waals surface area (Å²) >= 11 is 0. The number of halogens is 3. The third-order valence-corrected chi connectivity index (χ3v) is 11.2. The summed E-state index contributed by atoms with van der Waals surface area (Å²) in [7, 11) is 0. The SMILES string of the molecule is CC(OC(=O)O[C@@]1(C(=O)OCF)[C@H](C)C[C@H]2[C@@H]3C[C@H](F)C4=CC(=O)C=C[C@]4(C)C3(F)[C@@H](O)C[C@@]21C)C1CCCC1. The van der Waals surface area contributed by atoms with E-state index >= 15 is 8.78 Å². The summed E-state index contributed by atoms with van der Waals surface area (Å²) in [4.78, 5) is 38.8. The Morgan fingerprint density at radius 1 is 1.18 bits per heavy atom. The highest BCUT2D eigenvalue weighted by Crippen LogP contribution is 2.71. The molecule has 1 N–H and O–H groups in total. The number of esters is 1. The van der Waals surface area contributed by atoms with Gasteiger partial charge in [-0.25, -0.2) is 22.8 Å². The molecule has 5 aliphatic rings. The first-order chi connectivity index (χ1) is 18.8. The Bertz CT molecular complexity index is 1130. The maximum Gasteiger partial charge on any atom is 0.509 e. The molecule has 0 spiro atoms. The maximum atomic E-state index is 17.4. The number of carbonyl (C=O) groups is 3. The summed E-state index contributed by atoms with van der Waals surface area (Å²) in [6.45, 7) is 4.99. The Kier molecular flexibility index (Phi) is 7.20. The van der Waals surface area contributed by atoms with E-state index in [-0.39, 0.29) is 30.8 Å². The molecule has 0 saturated heterocycles. The number of hydrogen-bond acceptors (Lipinski definition) is 7. The lowest BCUT2D eigenvalue weighted by Gasteiger charge is -2.62. The molecule has 7 nitrogen and oxygen atoms in total. The Balaban J connectivity index is 1.54. The zero-order chi connectivity index (χ0) is 29.3. The molecule has 0 radical (unpaired) electrons. The second-order valence-electron chi connectivity index (χ2n) is 13.0. The molecule has 10 atom stereocenters. The van der Waals surface area contributed by atoms with Gasteiger partial charge in [-0.15, -0.1) is 0 Å². The average Bonchev–Trinajstić information content (AvgIpc) is 3.50. The maximum absolute atomic E-state index is 17.4. The lowest BCUT2D eigenvalue weighted by molar-refractivity contribution is -0.235. The molecule has 0 bridgehead atoms. The van der Waals surface area contributed by atoms with Gasteiger partial charge in [0.05, 0.1) is 6.10 Å². The fraction of sp³-hybridized carbons (Fsp3) is 0.767. The largest absolute Gasteiger partial charge is 0.509 e. The predicted molar refractivity (Wildman–Crippen MR) is 137 cm³/mol. The summed E-state index contributed by atoms with van der Waals surface area (Å²) in [5, 5.41) is 11.5. The molecule has 40 heavy (non-hydrogen) atoms. The van der Waals surface area contributed by atoms with E-state index in [1.165, 1.54) is 19.1 Å². The van der Waals surface area contributed by atoms with E-state index in [0.717, 1.165) is 31.8 Å². The van der Waals surface area contributed by atoms with Crippen LogP contribution in [0.3, 0.4) is 0 Å². The van der Waals surface area contributed by atoms with Gasteiger partial charge < -0.3 is 19.3 Å². The minimum atomic E-state index is -2.37. The van der Waals surface area contributed by atoms with Gasteiger partial charge in [-0.05, 0) is 75.5 Å². The van der Waals surface area contributed by atoms with Crippen LogP contribution in [0.5, 0.6) is 0 Å². The van der Waals surface area contributed by atoms with Gasteiger partial charge in [-0.3, -0.25) is 4.79 Å². The molecule has 10 heteroatoms. The van der Waals surface area contributed by atoms with Gasteiger partial charge in [0.1, 0.15) is 12.3 Å². The van der Waals surface area contributed by atoms with Crippen molar-refractivity contribution in [1.82, 2.24) is 0 Å². The Labute approximate surface area is 232 Å². The minimum Gasteiger partial charge on any atom is -0.431 e. The van der Waals surface area contributed by atoms with Crippen LogP contribution in [-0.2, 0) is 23.8 Å². The number of aliphatic hydroxyl groups excluding tert-OH is 1. The van der Waals surface area contributed by atoms with Crippen LogP contribution < -0.4 is 0 Å². The van der Waals surface area contributed by atoms with Crippen molar-refractivity contribution in [1.29, 1.82) is 0 Å². The van der Waals surface area contributed by atoms with E-state index in [2.05, 4.69) is 0 Å². The van der Waals surface area contributed by atoms with E-state index < -0.39 is 83.0 Å². The van der Waals surface area contributed by atoms with E-state index in [1.54, 1.807) is 20.8 Å². The third-order valence-electron chi connectivity index (χ3n) is 11.2. The van der Waals surface area contributed by atoms with Gasteiger partial charge in [0.15, 0.2) is 11.5 Å². The molecule has 0 amide bonds. The normalized spacial score (nSPS) is 45.1. The first-order valence-corrected chi connectivity index (χ1v) is 14.3. The molecular formula is C30H39F3O7. The summed E-state index contributed by atoms with van der Waals surface area (Å²) in [6, 6.07) is 0. The summed E-state index contributed by atoms with van der Waals surface area (Å²) in [5.41, 5.74) is -7.52. The van der Waals surface area contributed by atoms with Crippen molar-refractivity contribution in [2.24, 2.45) is 34.5 Å². The smallest absolute Gasteiger partial charge is 0.431 e. The molecule has 0 aromatic heterocycles. The number of carbonyl (C=O) groups excluding carboxylic acids is 3. The van der Waals surface area contributed by atoms with E-state index in [9.17, 15) is 23.9 Å². The van der Waals surface area contributed by atoms with Crippen LogP contribution >= 0.6 is 0 Å². The highest BCUT2D eigenvalue weighted by atomic mass is 19.1. The molecule has 0 aromatic rings. The Morgan fingerprint density at radius 2 is 1.85 bits per heavy atom. The van der Waals surface area contributed by atoms with E-state index in [0.29, 0.717) is 0 Å². The van der Waals surface area contributed by atoms with Crippen molar-refractivity contribution in [3.05, 3.63) is 23.8 Å². The van der Waals surface area contributed by atoms with Crippen LogP contribution in [-0.4, -0.2) is 59.5 Å². The number of hydrogen-bond donors (Lipinski definition) is 1. The van der Waals surface area contributed by atoms with E-state index in [1.807, 2.05) is 0 Å². The van der Waals surface area contributed by atoms with Crippen molar-refractivity contribution in [3.8, 4) is 0 Å². The first-order valence-electron chi connectivity index (χ1n) is 14.3. The van der Waals surface area contributed by atoms with Crippen LogP contribution in [0.15, 0.2) is 23.8 Å². The third kappa shape index (κ3) is 3.83. The number of alkyl halides is 3. The lowest BCUT2D eigenvalue weighted by atomic mass is 9.44. The van der Waals surface area contributed by atoms with Crippen molar-refractivity contribution >= 4 is 17.9 Å². The van der Waals surface area contributed by atoms with Crippen molar-refractivity contribution in [2.45, 2.75) is 102 Å². The molecule has 222 valence electrons. The molecule has 0 aromatic carbocycles. The van der Waals surface area contributed by atoms with Crippen LogP contribution in [0.1, 0.15) is 72.6 Å². The second kappa shape index (κ2) is 9.88. The van der Waals surface area contributed by atoms with Crippen molar-refractivity contribution in [2.75, 3.05) is 6.86 Å². The minimum absolute atomic E-state index is 0.0173. The fourth-order valence-corrected chi connectivity index (χ4v) is 9.20. The van der Waals surface area contributed by atoms with Gasteiger partial charge in [0.25, 0.3) is 0 Å². The number of rotatable bonds is 5. The summed E-state index contributed by atoms with van der Waals surface area (Å²) in [6.07, 6.45) is 1.94. The fourth-order valence-electron chi connectivity index (χ4n) is 9.20. The number of aliphatic hydroxyl groups is 1. The van der Waals surface area contributed by atoms with Crippen molar-refractivity contribution in [3.63, 3.8) is 0 Å². The molecule has 0 aliphatic heterocycles. The van der Waals surface area contributed by atoms with Crippen LogP contribution in [0.2, 0.25) is 0 Å². The van der Waals surface area contributed by atoms with Crippen LogP contribution in [0, 0.1) is 34.5 Å². The molecule has 5 rings (SSSR count). The Morgan fingerprint density at radius 3 is 2.50 bits per heavy atom. The van der Waals surface area contributed by atoms with Gasteiger partial charge in [0, 0.05) is 22.7 Å². The number of fused-ring (bicyclic) bond motifs is 5. The summed E-state index contributed by atoms with van der Waals surface area (Å²) in [5.74, 6) is -4.07. The highest BCUT2D eigenvalue weighted by Gasteiger charge is 2.79. The molecule has 0 heterocycles. The molecule has 5 aliphatic carbocycles. The van der Waals surface area contributed by atoms with Crippen LogP contribution in [0.25, 0.3) is 0 Å². The molecule has 4 fully saturated rings. The van der Waals surface area contributed by atoms with Gasteiger partial charge in [-0.2, -0.15) is 0 Å². The van der Waals surface area contributed by atoms with Crippen LogP contribution in [0.4, 0.5) is 18.0 Å². The topological polar surface area (TPSA) is 99.1 Å². The van der Waals surface area contributed by atoms with Gasteiger partial charge >= 0.3 is 12.1 Å². The zero-order valence-corrected chi connectivity index (χ0v) is 23.5. The number of ether oxygens (including phenoxy) is 3. The number of allylic oxidation sites excluding steroid dienone is 4. The van der Waals surface area contributed by atoms with Crippen molar-refractivity contribution < 1.29 is 46.9 Å². The van der Waals surface area contributed by atoms with E-state index in [4.69, 9.17) is 14.2 Å². The Hall–Kier alpha value is -2.36. The molecular weight excluding hydrogens is 529 g/mol. The molecule has 4 saturated carbocycles. The average molecular weight is 569 g/mol. The number of ketones is 1. The quantitative estimate of drug-likeness (QED) is 0.438. The highest BCUT2D eigenvalue weighted by molar-refractivity contribution is 6.01. The molecule has 2 unspecified atom stereocenters. The van der Waals surface area contributed by atoms with Gasteiger partial charge in [-0.1, -0.05) is 32.8 Å². The predicted octanol–water partition coefficient (Wildman–Crippen LogP) is 5.49. The second-order valence-corrected chi connectivity index (χ2v) is 13.0. The first kappa shape index (κ1) is 29.1. The van der Waals surface area contributed by atoms with Gasteiger partial charge in [0.2, 0.25) is 12.5 Å². The monoisotopic (exact) mass is 568 g/mol. The standard InChI is InChI=1S/C30H39F3O7/c1-16-11-20-21-13-23(32)22-12-19(34)9-10-27(22,3)29(21,33)24(35)14-28(20,4)30(16,25(36)38-15-31)40-26(37)39-17(2)18-7-5-6-8-18/h9-10,12,16-18,20-21,23-24,35H,5-8,11,13-15H2,1-4H3/t16-,17?,20+,21+,23+,24+,27+,28+,29?,30-/m1/s1.